The Labute approximate surface area is 178 Å². The fourth-order valence-corrected chi connectivity index (χ4v) is 4.34. The number of likely N-dealkylation sites (N-methyl/N-ethyl adjacent to an activating group) is 1. The first-order chi connectivity index (χ1) is 14.5. The Balaban J connectivity index is 1.45. The van der Waals surface area contributed by atoms with Crippen LogP contribution in [0.4, 0.5) is 0 Å². The molecule has 0 saturated heterocycles. The first-order valence-electron chi connectivity index (χ1n) is 10.6. The number of furan rings is 1. The molecule has 1 aromatic carbocycles. The first-order valence-corrected chi connectivity index (χ1v) is 10.6. The number of hydrogen-bond donors (Lipinski definition) is 0. The van der Waals surface area contributed by atoms with Crippen molar-refractivity contribution in [1.82, 2.24) is 19.6 Å². The van der Waals surface area contributed by atoms with Crippen molar-refractivity contribution in [3.05, 3.63) is 77.0 Å². The van der Waals surface area contributed by atoms with Crippen LogP contribution in [-0.2, 0) is 32.9 Å². The van der Waals surface area contributed by atoms with E-state index in [1.54, 1.807) is 18.2 Å². The zero-order chi connectivity index (χ0) is 21.1. The highest BCUT2D eigenvalue weighted by molar-refractivity contribution is 5.94. The predicted octanol–water partition coefficient (Wildman–Crippen LogP) is 3.32. The van der Waals surface area contributed by atoms with E-state index in [2.05, 4.69) is 47.4 Å². The number of benzene rings is 1. The van der Waals surface area contributed by atoms with Gasteiger partial charge in [0.2, 0.25) is 0 Å². The van der Waals surface area contributed by atoms with Gasteiger partial charge in [0.15, 0.2) is 5.69 Å². The average Bonchev–Trinajstić information content (AvgIpc) is 3.39. The van der Waals surface area contributed by atoms with Gasteiger partial charge in [0, 0.05) is 37.9 Å². The van der Waals surface area contributed by atoms with Gasteiger partial charge in [-0.1, -0.05) is 30.3 Å². The summed E-state index contributed by atoms with van der Waals surface area (Å²) in [6.45, 7) is 1.45. The molecule has 0 spiro atoms. The summed E-state index contributed by atoms with van der Waals surface area (Å²) in [4.78, 5) is 17.3. The van der Waals surface area contributed by atoms with E-state index in [9.17, 15) is 4.79 Å². The molecule has 3 aromatic rings. The fourth-order valence-electron chi connectivity index (χ4n) is 4.34. The van der Waals surface area contributed by atoms with E-state index < -0.39 is 0 Å². The summed E-state index contributed by atoms with van der Waals surface area (Å²) in [5.41, 5.74) is 4.24. The van der Waals surface area contributed by atoms with Gasteiger partial charge in [-0.3, -0.25) is 9.48 Å². The van der Waals surface area contributed by atoms with E-state index >= 15 is 0 Å². The average molecular weight is 407 g/mol. The van der Waals surface area contributed by atoms with Crippen molar-refractivity contribution in [2.24, 2.45) is 7.05 Å². The molecule has 6 nitrogen and oxygen atoms in total. The molecule has 0 radical (unpaired) electrons. The molecule has 0 aliphatic heterocycles. The van der Waals surface area contributed by atoms with Crippen molar-refractivity contribution in [2.45, 2.75) is 38.3 Å². The van der Waals surface area contributed by atoms with Crippen LogP contribution in [0, 0.1) is 0 Å². The lowest BCUT2D eigenvalue weighted by atomic mass is 9.90. The third-order valence-electron chi connectivity index (χ3n) is 6.17. The van der Waals surface area contributed by atoms with E-state index in [1.807, 2.05) is 23.9 Å². The molecule has 0 saturated carbocycles. The third-order valence-corrected chi connectivity index (χ3v) is 6.17. The number of hydrogen-bond acceptors (Lipinski definition) is 4. The zero-order valence-electron chi connectivity index (χ0n) is 18.0. The normalized spacial score (nSPS) is 15.9. The summed E-state index contributed by atoms with van der Waals surface area (Å²) in [6.07, 6.45) is 5.57. The third kappa shape index (κ3) is 4.33. The lowest BCUT2D eigenvalue weighted by Gasteiger charge is -2.31. The van der Waals surface area contributed by atoms with Crippen molar-refractivity contribution in [2.75, 3.05) is 20.6 Å². The largest absolute Gasteiger partial charge is 0.467 e. The highest BCUT2D eigenvalue weighted by atomic mass is 16.3. The van der Waals surface area contributed by atoms with Crippen LogP contribution < -0.4 is 0 Å². The monoisotopic (exact) mass is 406 g/mol. The number of fused-ring (bicyclic) bond motifs is 1. The van der Waals surface area contributed by atoms with Crippen LogP contribution in [0.5, 0.6) is 0 Å². The summed E-state index contributed by atoms with van der Waals surface area (Å²) < 4.78 is 7.29. The van der Waals surface area contributed by atoms with Crippen molar-refractivity contribution in [3.8, 4) is 0 Å². The molecule has 1 atom stereocenters. The number of nitrogens with zero attached hydrogens (tertiary/aromatic N) is 4. The molecule has 158 valence electrons. The number of rotatable bonds is 7. The van der Waals surface area contributed by atoms with Gasteiger partial charge in [-0.2, -0.15) is 5.10 Å². The molecule has 0 bridgehead atoms. The van der Waals surface area contributed by atoms with Crippen molar-refractivity contribution < 1.29 is 9.21 Å². The fraction of sp³-hybridized carbons (Fsp3) is 0.417. The van der Waals surface area contributed by atoms with E-state index in [-0.39, 0.29) is 5.91 Å². The van der Waals surface area contributed by atoms with Crippen molar-refractivity contribution in [3.63, 3.8) is 0 Å². The number of carbonyl (C=O) groups is 1. The van der Waals surface area contributed by atoms with Gasteiger partial charge < -0.3 is 14.2 Å². The minimum absolute atomic E-state index is 0.0455. The Morgan fingerprint density at radius 3 is 2.73 bits per heavy atom. The Morgan fingerprint density at radius 2 is 2.00 bits per heavy atom. The van der Waals surface area contributed by atoms with Crippen LogP contribution in [0.25, 0.3) is 0 Å². The topological polar surface area (TPSA) is 54.5 Å². The van der Waals surface area contributed by atoms with E-state index in [4.69, 9.17) is 4.42 Å². The Hall–Kier alpha value is -2.86. The van der Waals surface area contributed by atoms with E-state index in [0.29, 0.717) is 18.3 Å². The van der Waals surface area contributed by atoms with Crippen LogP contribution >= 0.6 is 0 Å². The highest BCUT2D eigenvalue weighted by Crippen LogP contribution is 2.27. The van der Waals surface area contributed by atoms with Gasteiger partial charge in [-0.15, -0.1) is 0 Å². The van der Waals surface area contributed by atoms with Crippen LogP contribution in [-0.4, -0.2) is 52.2 Å². The molecule has 2 aromatic heterocycles. The molecule has 1 aliphatic carbocycles. The number of aromatic nitrogens is 2. The molecule has 1 amide bonds. The van der Waals surface area contributed by atoms with Gasteiger partial charge in [0.1, 0.15) is 5.76 Å². The maximum absolute atomic E-state index is 13.1. The smallest absolute Gasteiger partial charge is 0.274 e. The molecule has 0 N–H and O–H groups in total. The standard InChI is InChI=1S/C24H30N4O2/c1-26(14-13-18-8-5-4-6-9-18)19-11-12-22-21(16-19)23(25-28(22)3)24(29)27(2)17-20-10-7-15-30-20/h4-10,15,19H,11-14,16-17H2,1-3H3. The van der Waals surface area contributed by atoms with Crippen LogP contribution in [0.15, 0.2) is 53.1 Å². The maximum Gasteiger partial charge on any atom is 0.274 e. The minimum Gasteiger partial charge on any atom is -0.467 e. The number of aryl methyl sites for hydroxylation is 1. The van der Waals surface area contributed by atoms with Crippen LogP contribution in [0.2, 0.25) is 0 Å². The summed E-state index contributed by atoms with van der Waals surface area (Å²) in [6, 6.07) is 14.7. The van der Waals surface area contributed by atoms with Gasteiger partial charge in [0.05, 0.1) is 12.8 Å². The van der Waals surface area contributed by atoms with Crippen LogP contribution in [0.3, 0.4) is 0 Å². The predicted molar refractivity (Wildman–Crippen MR) is 116 cm³/mol. The molecule has 30 heavy (non-hydrogen) atoms. The summed E-state index contributed by atoms with van der Waals surface area (Å²) in [7, 11) is 5.94. The first kappa shape index (κ1) is 20.4. The second kappa shape index (κ2) is 8.88. The zero-order valence-corrected chi connectivity index (χ0v) is 18.0. The molecule has 2 heterocycles. The SMILES string of the molecule is CN(Cc1ccco1)C(=O)c1nn(C)c2c1CC(N(C)CCc1ccccc1)CC2. The van der Waals surface area contributed by atoms with Gasteiger partial charge in [-0.05, 0) is 50.4 Å². The maximum atomic E-state index is 13.1. The molecular weight excluding hydrogens is 376 g/mol. The van der Waals surface area contributed by atoms with Gasteiger partial charge >= 0.3 is 0 Å². The lowest BCUT2D eigenvalue weighted by molar-refractivity contribution is 0.0767. The van der Waals surface area contributed by atoms with E-state index in [1.165, 1.54) is 11.3 Å². The van der Waals surface area contributed by atoms with Crippen molar-refractivity contribution >= 4 is 5.91 Å². The molecule has 0 fully saturated rings. The lowest BCUT2D eigenvalue weighted by Crippen LogP contribution is -2.38. The second-order valence-electron chi connectivity index (χ2n) is 8.25. The Bertz CT molecular complexity index is 978. The molecule has 6 heteroatoms. The molecule has 1 aliphatic rings. The van der Waals surface area contributed by atoms with Crippen LogP contribution in [0.1, 0.15) is 39.5 Å². The summed E-state index contributed by atoms with van der Waals surface area (Å²) in [5, 5.41) is 4.61. The van der Waals surface area contributed by atoms with E-state index in [0.717, 1.165) is 43.6 Å². The quantitative estimate of drug-likeness (QED) is 0.604. The van der Waals surface area contributed by atoms with Crippen molar-refractivity contribution in [1.29, 1.82) is 0 Å². The number of amides is 1. The number of carbonyl (C=O) groups excluding carboxylic acids is 1. The Morgan fingerprint density at radius 1 is 1.20 bits per heavy atom. The molecule has 1 unspecified atom stereocenters. The molecule has 4 rings (SSSR count). The highest BCUT2D eigenvalue weighted by Gasteiger charge is 2.31. The summed E-state index contributed by atoms with van der Waals surface area (Å²) in [5.74, 6) is 0.727. The van der Waals surface area contributed by atoms with Gasteiger partial charge in [0.25, 0.3) is 5.91 Å². The van der Waals surface area contributed by atoms with Gasteiger partial charge in [-0.25, -0.2) is 0 Å². The second-order valence-corrected chi connectivity index (χ2v) is 8.25. The summed E-state index contributed by atoms with van der Waals surface area (Å²) >= 11 is 0. The minimum atomic E-state index is -0.0455. The Kier molecular flexibility index (Phi) is 6.04. The molecular formula is C24H30N4O2.